The summed E-state index contributed by atoms with van der Waals surface area (Å²) in [6.45, 7) is 9.69. The van der Waals surface area contributed by atoms with Gasteiger partial charge in [-0.2, -0.15) is 5.10 Å². The maximum atomic E-state index is 14.7. The molecule has 52 heavy (non-hydrogen) atoms. The molecule has 4 aliphatic rings. The summed E-state index contributed by atoms with van der Waals surface area (Å²) < 4.78 is 14.7. The van der Waals surface area contributed by atoms with E-state index in [1.807, 2.05) is 23.1 Å². The molecule has 3 saturated heterocycles. The SMILES string of the molecule is CC1(C)CCc2c(-c3cc4ccc(C(=O)N5CCN(CC6CCN(C(=O)c7ccc(F)c(N8CCC(=O)NC8=O)c7)CC6)CC5)cc4[nH]3)n[nH]c2C1. The lowest BCUT2D eigenvalue weighted by molar-refractivity contribution is -0.120. The van der Waals surface area contributed by atoms with E-state index in [1.54, 1.807) is 4.90 Å². The van der Waals surface area contributed by atoms with E-state index < -0.39 is 17.8 Å². The molecule has 272 valence electrons. The van der Waals surface area contributed by atoms with Crippen LogP contribution in [0.3, 0.4) is 0 Å². The minimum absolute atomic E-state index is 0.00485. The van der Waals surface area contributed by atoms with E-state index in [-0.39, 0.29) is 35.9 Å². The zero-order chi connectivity index (χ0) is 36.1. The molecule has 3 aliphatic heterocycles. The number of carbonyl (C=O) groups excluding carboxylic acids is 4. The Balaban J connectivity index is 0.828. The number of imide groups is 1. The van der Waals surface area contributed by atoms with Crippen LogP contribution in [0.4, 0.5) is 14.9 Å². The van der Waals surface area contributed by atoms with Gasteiger partial charge in [0.15, 0.2) is 0 Å². The molecule has 0 atom stereocenters. The second-order valence-corrected chi connectivity index (χ2v) is 15.6. The standard InChI is InChI=1S/C39H45FN8O4/c1-39(2)11-7-28-32(22-39)43-44-35(28)31-19-25-3-4-26(20-30(25)41-31)36(50)47-17-15-45(16-18-47)23-24-8-12-46(13-9-24)37(51)27-5-6-29(40)33(21-27)48-14-10-34(49)42-38(48)52/h3-6,19-21,24,41H,7-18,22-23H2,1-2H3,(H,43,44)(H,42,49,52). The number of piperazine rings is 1. The van der Waals surface area contributed by atoms with Gasteiger partial charge in [0.25, 0.3) is 11.8 Å². The molecule has 4 aromatic rings. The number of likely N-dealkylation sites (tertiary alicyclic amines) is 1. The van der Waals surface area contributed by atoms with E-state index in [9.17, 15) is 23.6 Å². The minimum Gasteiger partial charge on any atom is -0.353 e. The van der Waals surface area contributed by atoms with Crippen molar-refractivity contribution in [2.24, 2.45) is 11.3 Å². The number of aromatic nitrogens is 3. The molecule has 13 heteroatoms. The van der Waals surface area contributed by atoms with Crippen molar-refractivity contribution in [1.29, 1.82) is 0 Å². The van der Waals surface area contributed by atoms with Crippen LogP contribution >= 0.6 is 0 Å². The highest BCUT2D eigenvalue weighted by atomic mass is 19.1. The van der Waals surface area contributed by atoms with E-state index in [2.05, 4.69) is 45.3 Å². The zero-order valence-electron chi connectivity index (χ0n) is 29.8. The van der Waals surface area contributed by atoms with Gasteiger partial charge in [0, 0.05) is 92.1 Å². The number of piperidine rings is 1. The summed E-state index contributed by atoms with van der Waals surface area (Å²) in [4.78, 5) is 61.6. The maximum absolute atomic E-state index is 14.7. The zero-order valence-corrected chi connectivity index (χ0v) is 29.8. The summed E-state index contributed by atoms with van der Waals surface area (Å²) in [7, 11) is 0. The number of aromatic amines is 2. The summed E-state index contributed by atoms with van der Waals surface area (Å²) in [6, 6.07) is 11.4. The van der Waals surface area contributed by atoms with Crippen LogP contribution in [0.25, 0.3) is 22.3 Å². The van der Waals surface area contributed by atoms with Gasteiger partial charge in [0.2, 0.25) is 5.91 Å². The second kappa shape index (κ2) is 13.5. The van der Waals surface area contributed by atoms with Crippen LogP contribution < -0.4 is 10.2 Å². The highest BCUT2D eigenvalue weighted by molar-refractivity contribution is 6.06. The molecule has 2 aromatic heterocycles. The Kier molecular flexibility index (Phi) is 8.84. The molecule has 3 fully saturated rings. The molecule has 1 aliphatic carbocycles. The molecule has 0 bridgehead atoms. The highest BCUT2D eigenvalue weighted by Gasteiger charge is 2.32. The van der Waals surface area contributed by atoms with Crippen molar-refractivity contribution in [3.05, 3.63) is 70.7 Å². The first-order chi connectivity index (χ1) is 25.0. The van der Waals surface area contributed by atoms with Gasteiger partial charge >= 0.3 is 6.03 Å². The normalized spacial score (nSPS) is 19.9. The van der Waals surface area contributed by atoms with Crippen LogP contribution in [-0.2, 0) is 17.6 Å². The molecule has 12 nitrogen and oxygen atoms in total. The van der Waals surface area contributed by atoms with Gasteiger partial charge < -0.3 is 14.8 Å². The maximum Gasteiger partial charge on any atom is 0.328 e. The summed E-state index contributed by atoms with van der Waals surface area (Å²) in [6.07, 6.45) is 4.91. The van der Waals surface area contributed by atoms with Crippen molar-refractivity contribution in [3.8, 4) is 11.4 Å². The molecule has 8 rings (SSSR count). The molecular formula is C39H45FN8O4. The summed E-state index contributed by atoms with van der Waals surface area (Å²) in [5.74, 6) is -0.744. The van der Waals surface area contributed by atoms with Gasteiger partial charge in [-0.25, -0.2) is 9.18 Å². The number of fused-ring (bicyclic) bond motifs is 2. The Labute approximate surface area is 301 Å². The average molecular weight is 709 g/mol. The van der Waals surface area contributed by atoms with E-state index >= 15 is 0 Å². The molecule has 5 heterocycles. The minimum atomic E-state index is -0.689. The second-order valence-electron chi connectivity index (χ2n) is 15.6. The van der Waals surface area contributed by atoms with Crippen LogP contribution in [0.1, 0.15) is 71.5 Å². The summed E-state index contributed by atoms with van der Waals surface area (Å²) in [5, 5.41) is 11.2. The van der Waals surface area contributed by atoms with Crippen LogP contribution in [-0.4, -0.2) is 106 Å². The molecule has 5 amide bonds. The third-order valence-electron chi connectivity index (χ3n) is 11.4. The van der Waals surface area contributed by atoms with Gasteiger partial charge in [-0.15, -0.1) is 0 Å². The number of urea groups is 1. The Morgan fingerprint density at radius 1 is 0.885 bits per heavy atom. The largest absolute Gasteiger partial charge is 0.353 e. The summed E-state index contributed by atoms with van der Waals surface area (Å²) in [5.41, 5.74) is 6.69. The lowest BCUT2D eigenvalue weighted by Gasteiger charge is -2.39. The van der Waals surface area contributed by atoms with Gasteiger partial charge in [-0.3, -0.25) is 34.6 Å². The van der Waals surface area contributed by atoms with Crippen LogP contribution in [0.5, 0.6) is 0 Å². The van der Waals surface area contributed by atoms with Crippen molar-refractivity contribution in [2.45, 2.75) is 52.4 Å². The predicted molar refractivity (Wildman–Crippen MR) is 195 cm³/mol. The van der Waals surface area contributed by atoms with E-state index in [0.29, 0.717) is 43.2 Å². The molecule has 0 unspecified atom stereocenters. The Hall–Kier alpha value is -5.04. The number of hydrogen-bond acceptors (Lipinski definition) is 6. The molecule has 3 N–H and O–H groups in total. The number of anilines is 1. The van der Waals surface area contributed by atoms with E-state index in [0.717, 1.165) is 78.9 Å². The van der Waals surface area contributed by atoms with Crippen molar-refractivity contribution in [1.82, 2.24) is 35.2 Å². The van der Waals surface area contributed by atoms with Gasteiger partial charge in [0.1, 0.15) is 11.5 Å². The molecule has 0 spiro atoms. The number of halogens is 1. The highest BCUT2D eigenvalue weighted by Crippen LogP contribution is 2.38. The number of carbonyl (C=O) groups is 4. The monoisotopic (exact) mass is 708 g/mol. The van der Waals surface area contributed by atoms with Crippen molar-refractivity contribution >= 4 is 40.3 Å². The van der Waals surface area contributed by atoms with Crippen LogP contribution in [0.2, 0.25) is 0 Å². The first-order valence-electron chi connectivity index (χ1n) is 18.4. The van der Waals surface area contributed by atoms with Crippen LogP contribution in [0, 0.1) is 17.2 Å². The van der Waals surface area contributed by atoms with E-state index in [1.165, 1.54) is 29.5 Å². The first-order valence-corrected chi connectivity index (χ1v) is 18.4. The van der Waals surface area contributed by atoms with Gasteiger partial charge in [0.05, 0.1) is 11.4 Å². The molecule has 0 saturated carbocycles. The molecular weight excluding hydrogens is 663 g/mol. The number of hydrogen-bond donors (Lipinski definition) is 3. The molecule has 2 aromatic carbocycles. The Morgan fingerprint density at radius 2 is 1.60 bits per heavy atom. The Bertz CT molecular complexity index is 2050. The van der Waals surface area contributed by atoms with Crippen LogP contribution in [0.15, 0.2) is 42.5 Å². The summed E-state index contributed by atoms with van der Waals surface area (Å²) >= 11 is 0. The topological polar surface area (TPSA) is 138 Å². The number of nitrogens with one attached hydrogen (secondary N) is 3. The van der Waals surface area contributed by atoms with Gasteiger partial charge in [-0.05, 0) is 79.8 Å². The number of amides is 5. The van der Waals surface area contributed by atoms with Crippen molar-refractivity contribution in [2.75, 3.05) is 57.3 Å². The third kappa shape index (κ3) is 6.69. The lowest BCUT2D eigenvalue weighted by atomic mass is 9.76. The number of benzene rings is 2. The number of H-pyrrole nitrogens is 2. The average Bonchev–Trinajstić information content (AvgIpc) is 3.75. The smallest absolute Gasteiger partial charge is 0.328 e. The first kappa shape index (κ1) is 34.1. The fourth-order valence-electron chi connectivity index (χ4n) is 8.29. The molecule has 0 radical (unpaired) electrons. The van der Waals surface area contributed by atoms with Gasteiger partial charge in [-0.1, -0.05) is 19.9 Å². The quantitative estimate of drug-likeness (QED) is 0.259. The Morgan fingerprint density at radius 3 is 2.35 bits per heavy atom. The number of rotatable bonds is 6. The van der Waals surface area contributed by atoms with E-state index in [4.69, 9.17) is 0 Å². The lowest BCUT2D eigenvalue weighted by Crippen LogP contribution is -2.50. The van der Waals surface area contributed by atoms with Crippen molar-refractivity contribution < 1.29 is 23.6 Å². The fraction of sp³-hybridized carbons (Fsp3) is 0.462. The fourth-order valence-corrected chi connectivity index (χ4v) is 8.29. The number of nitrogens with zero attached hydrogens (tertiary/aromatic N) is 5. The third-order valence-corrected chi connectivity index (χ3v) is 11.4. The van der Waals surface area contributed by atoms with Crippen molar-refractivity contribution in [3.63, 3.8) is 0 Å². The predicted octanol–water partition coefficient (Wildman–Crippen LogP) is 4.97.